The van der Waals surface area contributed by atoms with Gasteiger partial charge in [0.15, 0.2) is 0 Å². The molecule has 2 aliphatic rings. The maximum atomic E-state index is 3.64. The zero-order valence-corrected chi connectivity index (χ0v) is 10.4. The van der Waals surface area contributed by atoms with Gasteiger partial charge in [-0.25, -0.2) is 0 Å². The first-order chi connectivity index (χ1) is 6.18. The van der Waals surface area contributed by atoms with E-state index in [0.717, 1.165) is 23.2 Å². The van der Waals surface area contributed by atoms with Gasteiger partial charge in [-0.3, -0.25) is 0 Å². The van der Waals surface area contributed by atoms with Crippen LogP contribution >= 0.6 is 15.9 Å². The predicted molar refractivity (Wildman–Crippen MR) is 61.1 cm³/mol. The minimum atomic E-state index is 0.802. The molecule has 2 rings (SSSR count). The van der Waals surface area contributed by atoms with Gasteiger partial charge >= 0.3 is 0 Å². The van der Waals surface area contributed by atoms with E-state index in [1.165, 1.54) is 37.4 Å². The molecule has 3 atom stereocenters. The van der Waals surface area contributed by atoms with Crippen LogP contribution in [0.15, 0.2) is 0 Å². The molecule has 3 unspecified atom stereocenters. The molecule has 0 aromatic rings. The van der Waals surface area contributed by atoms with Gasteiger partial charge in [-0.05, 0) is 42.4 Å². The van der Waals surface area contributed by atoms with Crippen molar-refractivity contribution in [2.24, 2.45) is 23.2 Å². The van der Waals surface area contributed by atoms with E-state index in [-0.39, 0.29) is 0 Å². The van der Waals surface area contributed by atoms with Gasteiger partial charge in [0.2, 0.25) is 0 Å². The summed E-state index contributed by atoms with van der Waals surface area (Å²) in [6.45, 7) is 4.80. The molecule has 2 fully saturated rings. The number of halogens is 1. The quantitative estimate of drug-likeness (QED) is 0.638. The standard InChI is InChI=1S/C12H21Br/c1-9(2)10-4-3-5-12(6-10)7-11(12)8-13/h9-11H,3-8H2,1-2H3. The first-order valence-corrected chi connectivity index (χ1v) is 6.86. The summed E-state index contributed by atoms with van der Waals surface area (Å²) in [6, 6.07) is 0. The van der Waals surface area contributed by atoms with Crippen molar-refractivity contribution in [1.29, 1.82) is 0 Å². The van der Waals surface area contributed by atoms with Gasteiger partial charge in [0.1, 0.15) is 0 Å². The Morgan fingerprint density at radius 2 is 2.15 bits per heavy atom. The Morgan fingerprint density at radius 1 is 1.38 bits per heavy atom. The molecule has 2 aliphatic carbocycles. The van der Waals surface area contributed by atoms with E-state index < -0.39 is 0 Å². The van der Waals surface area contributed by atoms with Crippen LogP contribution < -0.4 is 0 Å². The van der Waals surface area contributed by atoms with Gasteiger partial charge in [-0.1, -0.05) is 42.6 Å². The minimum Gasteiger partial charge on any atom is -0.0925 e. The van der Waals surface area contributed by atoms with Crippen LogP contribution in [0.3, 0.4) is 0 Å². The summed E-state index contributed by atoms with van der Waals surface area (Å²) < 4.78 is 0. The summed E-state index contributed by atoms with van der Waals surface area (Å²) in [4.78, 5) is 0. The van der Waals surface area contributed by atoms with E-state index in [2.05, 4.69) is 29.8 Å². The van der Waals surface area contributed by atoms with Crippen molar-refractivity contribution in [3.8, 4) is 0 Å². The van der Waals surface area contributed by atoms with Crippen LogP contribution in [-0.4, -0.2) is 5.33 Å². The van der Waals surface area contributed by atoms with Crippen molar-refractivity contribution < 1.29 is 0 Å². The smallest absolute Gasteiger partial charge is 0.00651 e. The Bertz CT molecular complexity index is 188. The van der Waals surface area contributed by atoms with E-state index in [0.29, 0.717) is 0 Å². The van der Waals surface area contributed by atoms with Gasteiger partial charge in [0.25, 0.3) is 0 Å². The van der Waals surface area contributed by atoms with Crippen LogP contribution in [-0.2, 0) is 0 Å². The van der Waals surface area contributed by atoms with Gasteiger partial charge in [-0.2, -0.15) is 0 Å². The van der Waals surface area contributed by atoms with Crippen molar-refractivity contribution in [2.45, 2.75) is 46.0 Å². The second-order valence-electron chi connectivity index (χ2n) is 5.52. The monoisotopic (exact) mass is 244 g/mol. The lowest BCUT2D eigenvalue weighted by atomic mass is 9.73. The van der Waals surface area contributed by atoms with Gasteiger partial charge < -0.3 is 0 Å². The first-order valence-electron chi connectivity index (χ1n) is 5.74. The average Bonchev–Trinajstić information content (AvgIpc) is 2.78. The SMILES string of the molecule is CC(C)C1CCCC2(C1)CC2CBr. The fourth-order valence-corrected chi connectivity index (χ4v) is 4.13. The van der Waals surface area contributed by atoms with Crippen molar-refractivity contribution in [2.75, 3.05) is 5.33 Å². The second-order valence-corrected chi connectivity index (χ2v) is 6.17. The van der Waals surface area contributed by atoms with Crippen molar-refractivity contribution in [3.63, 3.8) is 0 Å². The number of alkyl halides is 1. The van der Waals surface area contributed by atoms with Crippen LogP contribution in [0.5, 0.6) is 0 Å². The Morgan fingerprint density at radius 3 is 2.69 bits per heavy atom. The molecule has 0 nitrogen and oxygen atoms in total. The highest BCUT2D eigenvalue weighted by Crippen LogP contribution is 2.63. The van der Waals surface area contributed by atoms with Crippen LogP contribution in [0.25, 0.3) is 0 Å². The first kappa shape index (κ1) is 10.0. The van der Waals surface area contributed by atoms with E-state index in [1.54, 1.807) is 0 Å². The summed E-state index contributed by atoms with van der Waals surface area (Å²) in [6.07, 6.45) is 7.55. The van der Waals surface area contributed by atoms with Crippen LogP contribution in [0.4, 0.5) is 0 Å². The summed E-state index contributed by atoms with van der Waals surface area (Å²) in [5.41, 5.74) is 0.802. The third kappa shape index (κ3) is 1.82. The molecule has 76 valence electrons. The summed E-state index contributed by atoms with van der Waals surface area (Å²) >= 11 is 3.64. The fourth-order valence-electron chi connectivity index (χ4n) is 3.22. The minimum absolute atomic E-state index is 0.802. The number of hydrogen-bond acceptors (Lipinski definition) is 0. The Hall–Kier alpha value is 0.480. The molecule has 0 bridgehead atoms. The maximum Gasteiger partial charge on any atom is 0.00651 e. The molecular formula is C12H21Br. The topological polar surface area (TPSA) is 0 Å². The van der Waals surface area contributed by atoms with Crippen LogP contribution in [0.2, 0.25) is 0 Å². The molecule has 0 aromatic heterocycles. The second kappa shape index (κ2) is 3.56. The molecule has 0 aromatic carbocycles. The van der Waals surface area contributed by atoms with Gasteiger partial charge in [0.05, 0.1) is 0 Å². The van der Waals surface area contributed by atoms with Gasteiger partial charge in [-0.15, -0.1) is 0 Å². The van der Waals surface area contributed by atoms with E-state index >= 15 is 0 Å². The zero-order valence-electron chi connectivity index (χ0n) is 8.85. The maximum absolute atomic E-state index is 3.64. The highest BCUT2D eigenvalue weighted by atomic mass is 79.9. The van der Waals surface area contributed by atoms with Crippen LogP contribution in [0, 0.1) is 23.2 Å². The van der Waals surface area contributed by atoms with Crippen molar-refractivity contribution in [3.05, 3.63) is 0 Å². The molecular weight excluding hydrogens is 224 g/mol. The summed E-state index contributed by atoms with van der Waals surface area (Å²) in [5, 5.41) is 1.25. The molecule has 1 heteroatoms. The van der Waals surface area contributed by atoms with Crippen LogP contribution in [0.1, 0.15) is 46.0 Å². The van der Waals surface area contributed by atoms with Crippen molar-refractivity contribution >= 4 is 15.9 Å². The van der Waals surface area contributed by atoms with Gasteiger partial charge in [0, 0.05) is 5.33 Å². The lowest BCUT2D eigenvalue weighted by Gasteiger charge is -2.32. The Balaban J connectivity index is 1.94. The number of hydrogen-bond donors (Lipinski definition) is 0. The molecule has 0 heterocycles. The van der Waals surface area contributed by atoms with E-state index in [1.807, 2.05) is 0 Å². The summed E-state index contributed by atoms with van der Waals surface area (Å²) in [7, 11) is 0. The highest BCUT2D eigenvalue weighted by Gasteiger charge is 2.54. The third-order valence-electron chi connectivity index (χ3n) is 4.41. The van der Waals surface area contributed by atoms with E-state index in [4.69, 9.17) is 0 Å². The fraction of sp³-hybridized carbons (Fsp3) is 1.00. The largest absolute Gasteiger partial charge is 0.0925 e. The van der Waals surface area contributed by atoms with E-state index in [9.17, 15) is 0 Å². The predicted octanol–water partition coefficient (Wildman–Crippen LogP) is 4.23. The molecule has 1 spiro atoms. The highest BCUT2D eigenvalue weighted by molar-refractivity contribution is 9.09. The average molecular weight is 245 g/mol. The normalized spacial score (nSPS) is 44.3. The Kier molecular flexibility index (Phi) is 2.75. The van der Waals surface area contributed by atoms with Crippen molar-refractivity contribution in [1.82, 2.24) is 0 Å². The third-order valence-corrected chi connectivity index (χ3v) is 5.19. The molecule has 0 amide bonds. The lowest BCUT2D eigenvalue weighted by Crippen LogP contribution is -2.22. The Labute approximate surface area is 90.6 Å². The molecule has 13 heavy (non-hydrogen) atoms. The molecule has 0 N–H and O–H groups in total. The molecule has 0 radical (unpaired) electrons. The zero-order chi connectivity index (χ0) is 9.47. The number of rotatable bonds is 2. The molecule has 0 aliphatic heterocycles. The molecule has 2 saturated carbocycles. The summed E-state index contributed by atoms with van der Waals surface area (Å²) in [5.74, 6) is 2.96. The lowest BCUT2D eigenvalue weighted by molar-refractivity contribution is 0.189. The molecule has 0 saturated heterocycles.